The summed E-state index contributed by atoms with van der Waals surface area (Å²) in [7, 11) is 0. The van der Waals surface area contributed by atoms with E-state index >= 15 is 0 Å². The van der Waals surface area contributed by atoms with Crippen molar-refractivity contribution in [1.29, 1.82) is 0 Å². The number of nitrogen functional groups attached to an aromatic ring is 1. The summed E-state index contributed by atoms with van der Waals surface area (Å²) >= 11 is 5.96. The van der Waals surface area contributed by atoms with E-state index in [9.17, 15) is 4.79 Å². The van der Waals surface area contributed by atoms with Crippen molar-refractivity contribution in [3.8, 4) is 0 Å². The Bertz CT molecular complexity index is 469. The molecule has 6 nitrogen and oxygen atoms in total. The number of anilines is 1. The molecule has 19 heavy (non-hydrogen) atoms. The van der Waals surface area contributed by atoms with Gasteiger partial charge in [-0.1, -0.05) is 11.6 Å². The average molecular weight is 285 g/mol. The molecular weight excluding hydrogens is 268 g/mol. The minimum absolute atomic E-state index is 0.167. The molecule has 2 heterocycles. The quantitative estimate of drug-likeness (QED) is 0.571. The van der Waals surface area contributed by atoms with Crippen molar-refractivity contribution in [1.82, 2.24) is 10.3 Å². The maximum Gasteiger partial charge on any atom is 0.271 e. The summed E-state index contributed by atoms with van der Waals surface area (Å²) in [6.07, 6.45) is 1.12. The fraction of sp³-hybridized carbons (Fsp3) is 0.500. The minimum atomic E-state index is -0.304. The fourth-order valence-corrected chi connectivity index (χ4v) is 2.22. The largest absolute Gasteiger partial charge is 0.378 e. The van der Waals surface area contributed by atoms with Gasteiger partial charge in [-0.15, -0.1) is 0 Å². The zero-order chi connectivity index (χ0) is 13.8. The lowest BCUT2D eigenvalue weighted by molar-refractivity contribution is 0.0903. The summed E-state index contributed by atoms with van der Waals surface area (Å²) in [6.45, 7) is 3.31. The predicted molar refractivity (Wildman–Crippen MR) is 72.9 cm³/mol. The summed E-state index contributed by atoms with van der Waals surface area (Å²) in [5.41, 5.74) is 2.55. The summed E-state index contributed by atoms with van der Waals surface area (Å²) in [4.78, 5) is 16.1. The molecule has 0 bridgehead atoms. The number of hydrogen-bond acceptors (Lipinski definition) is 5. The Hall–Kier alpha value is -1.37. The van der Waals surface area contributed by atoms with E-state index in [0.29, 0.717) is 23.3 Å². The second-order valence-electron chi connectivity index (χ2n) is 4.51. The van der Waals surface area contributed by atoms with E-state index in [1.165, 1.54) is 0 Å². The third kappa shape index (κ3) is 3.34. The zero-order valence-corrected chi connectivity index (χ0v) is 11.4. The van der Waals surface area contributed by atoms with Crippen LogP contribution in [0.2, 0.25) is 5.02 Å². The first-order valence-electron chi connectivity index (χ1n) is 6.14. The molecule has 1 amide bonds. The van der Waals surface area contributed by atoms with Crippen molar-refractivity contribution in [3.05, 3.63) is 22.8 Å². The highest BCUT2D eigenvalue weighted by atomic mass is 35.5. The van der Waals surface area contributed by atoms with E-state index in [0.717, 1.165) is 13.0 Å². The van der Waals surface area contributed by atoms with Crippen LogP contribution < -0.4 is 16.6 Å². The Balaban J connectivity index is 1.99. The van der Waals surface area contributed by atoms with E-state index in [1.807, 2.05) is 6.92 Å². The second-order valence-corrected chi connectivity index (χ2v) is 4.91. The van der Waals surface area contributed by atoms with Gasteiger partial charge in [0.15, 0.2) is 0 Å². The van der Waals surface area contributed by atoms with Crippen LogP contribution in [0.5, 0.6) is 0 Å². The third-order valence-corrected chi connectivity index (χ3v) is 3.57. The Labute approximate surface area is 116 Å². The van der Waals surface area contributed by atoms with E-state index in [4.69, 9.17) is 22.2 Å². The van der Waals surface area contributed by atoms with E-state index in [2.05, 4.69) is 15.7 Å². The number of nitrogens with one attached hydrogen (secondary N) is 2. The molecule has 0 aromatic carbocycles. The molecule has 104 valence electrons. The lowest BCUT2D eigenvalue weighted by Crippen LogP contribution is -2.32. The molecule has 1 saturated heterocycles. The highest BCUT2D eigenvalue weighted by Gasteiger charge is 2.25. The van der Waals surface area contributed by atoms with Gasteiger partial charge in [0.25, 0.3) is 5.91 Å². The first-order chi connectivity index (χ1) is 9.11. The molecule has 1 aromatic rings. The molecule has 2 unspecified atom stereocenters. The maximum absolute atomic E-state index is 12.0. The molecule has 4 N–H and O–H groups in total. The first kappa shape index (κ1) is 14.0. The van der Waals surface area contributed by atoms with Crippen molar-refractivity contribution in [2.24, 2.45) is 11.8 Å². The Kier molecular flexibility index (Phi) is 4.57. The Morgan fingerprint density at radius 2 is 2.42 bits per heavy atom. The fourth-order valence-electron chi connectivity index (χ4n) is 2.03. The summed E-state index contributed by atoms with van der Waals surface area (Å²) in [6, 6.07) is 3.19. The maximum atomic E-state index is 12.0. The molecule has 0 aliphatic carbocycles. The van der Waals surface area contributed by atoms with Gasteiger partial charge >= 0.3 is 0 Å². The number of halogens is 1. The molecule has 2 atom stereocenters. The van der Waals surface area contributed by atoms with Crippen LogP contribution in [-0.2, 0) is 4.74 Å². The van der Waals surface area contributed by atoms with Crippen LogP contribution in [-0.4, -0.2) is 30.1 Å². The number of nitrogens with zero attached hydrogens (tertiary/aromatic N) is 1. The molecular formula is C12H17ClN4O2. The van der Waals surface area contributed by atoms with Crippen molar-refractivity contribution >= 4 is 23.3 Å². The number of carbonyl (C=O) groups is 1. The molecule has 0 spiro atoms. The normalized spacial score (nSPS) is 22.3. The average Bonchev–Trinajstić information content (AvgIpc) is 2.82. The van der Waals surface area contributed by atoms with Gasteiger partial charge in [-0.2, -0.15) is 0 Å². The summed E-state index contributed by atoms with van der Waals surface area (Å²) in [5.74, 6) is 5.68. The van der Waals surface area contributed by atoms with Gasteiger partial charge in [-0.3, -0.25) is 4.79 Å². The van der Waals surface area contributed by atoms with Crippen molar-refractivity contribution in [2.45, 2.75) is 19.4 Å². The standard InChI is InChI=1S/C12H17ClN4O2/c1-7-8(4-5-19-7)6-15-12(18)11-9(13)2-3-10(16-11)17-14/h2-3,7-8H,4-6,14H2,1H3,(H,15,18)(H,16,17). The van der Waals surface area contributed by atoms with Gasteiger partial charge < -0.3 is 15.5 Å². The monoisotopic (exact) mass is 284 g/mol. The Morgan fingerprint density at radius 3 is 3.05 bits per heavy atom. The molecule has 1 aliphatic rings. The van der Waals surface area contributed by atoms with Crippen LogP contribution in [0.15, 0.2) is 12.1 Å². The van der Waals surface area contributed by atoms with E-state index in [1.54, 1.807) is 12.1 Å². The number of pyridine rings is 1. The van der Waals surface area contributed by atoms with Crippen molar-refractivity contribution in [2.75, 3.05) is 18.6 Å². The molecule has 1 aliphatic heterocycles. The smallest absolute Gasteiger partial charge is 0.271 e. The molecule has 1 fully saturated rings. The van der Waals surface area contributed by atoms with Gasteiger partial charge in [-0.05, 0) is 25.5 Å². The molecule has 0 radical (unpaired) electrons. The minimum Gasteiger partial charge on any atom is -0.378 e. The SMILES string of the molecule is CC1OCCC1CNC(=O)c1nc(NN)ccc1Cl. The zero-order valence-electron chi connectivity index (χ0n) is 10.6. The number of amides is 1. The van der Waals surface area contributed by atoms with Crippen LogP contribution in [0.1, 0.15) is 23.8 Å². The topological polar surface area (TPSA) is 89.3 Å². The van der Waals surface area contributed by atoms with Gasteiger partial charge in [0.1, 0.15) is 11.5 Å². The van der Waals surface area contributed by atoms with Crippen LogP contribution >= 0.6 is 11.6 Å². The van der Waals surface area contributed by atoms with Crippen LogP contribution in [0.25, 0.3) is 0 Å². The second kappa shape index (κ2) is 6.18. The van der Waals surface area contributed by atoms with Gasteiger partial charge in [0.2, 0.25) is 0 Å². The number of rotatable bonds is 4. The van der Waals surface area contributed by atoms with Crippen LogP contribution in [0.4, 0.5) is 5.82 Å². The number of hydrogen-bond donors (Lipinski definition) is 3. The highest BCUT2D eigenvalue weighted by Crippen LogP contribution is 2.20. The number of ether oxygens (including phenoxy) is 1. The lowest BCUT2D eigenvalue weighted by atomic mass is 10.0. The Morgan fingerprint density at radius 1 is 1.63 bits per heavy atom. The number of nitrogens with two attached hydrogens (primary N) is 1. The number of hydrazine groups is 1. The van der Waals surface area contributed by atoms with Gasteiger partial charge in [-0.25, -0.2) is 10.8 Å². The third-order valence-electron chi connectivity index (χ3n) is 3.27. The summed E-state index contributed by atoms with van der Waals surface area (Å²) < 4.78 is 5.44. The first-order valence-corrected chi connectivity index (χ1v) is 6.52. The predicted octanol–water partition coefficient (Wildman–Crippen LogP) is 1.18. The van der Waals surface area contributed by atoms with Gasteiger partial charge in [0, 0.05) is 19.1 Å². The molecule has 7 heteroatoms. The number of aromatic nitrogens is 1. The molecule has 1 aromatic heterocycles. The van der Waals surface area contributed by atoms with E-state index in [-0.39, 0.29) is 17.7 Å². The summed E-state index contributed by atoms with van der Waals surface area (Å²) in [5, 5.41) is 3.13. The van der Waals surface area contributed by atoms with Crippen LogP contribution in [0, 0.1) is 5.92 Å². The van der Waals surface area contributed by atoms with Crippen molar-refractivity contribution < 1.29 is 9.53 Å². The lowest BCUT2D eigenvalue weighted by Gasteiger charge is -2.15. The highest BCUT2D eigenvalue weighted by molar-refractivity contribution is 6.33. The van der Waals surface area contributed by atoms with E-state index < -0.39 is 0 Å². The van der Waals surface area contributed by atoms with Crippen LogP contribution in [0.3, 0.4) is 0 Å². The van der Waals surface area contributed by atoms with Gasteiger partial charge in [0.05, 0.1) is 11.1 Å². The number of carbonyl (C=O) groups excluding carboxylic acids is 1. The van der Waals surface area contributed by atoms with Crippen molar-refractivity contribution in [3.63, 3.8) is 0 Å². The molecule has 2 rings (SSSR count). The molecule has 0 saturated carbocycles.